The van der Waals surface area contributed by atoms with Crippen LogP contribution in [0, 0.1) is 13.8 Å². The summed E-state index contributed by atoms with van der Waals surface area (Å²) >= 11 is 0. The number of nitrogens with zero attached hydrogens (tertiary/aromatic N) is 5. The Hall–Kier alpha value is -2.63. The Morgan fingerprint density at radius 2 is 2.00 bits per heavy atom. The number of rotatable bonds is 2. The van der Waals surface area contributed by atoms with Crippen molar-refractivity contribution in [3.8, 4) is 0 Å². The van der Waals surface area contributed by atoms with E-state index in [0.29, 0.717) is 5.69 Å². The minimum atomic E-state index is -0.0143. The van der Waals surface area contributed by atoms with Crippen molar-refractivity contribution in [3.05, 3.63) is 53.5 Å². The van der Waals surface area contributed by atoms with Crippen LogP contribution in [0.4, 0.5) is 0 Å². The fourth-order valence-electron chi connectivity index (χ4n) is 3.58. The molecule has 6 nitrogen and oxygen atoms in total. The topological polar surface area (TPSA) is 55.4 Å². The van der Waals surface area contributed by atoms with Gasteiger partial charge in [0.05, 0.1) is 11.7 Å². The van der Waals surface area contributed by atoms with Gasteiger partial charge in [0, 0.05) is 32.2 Å². The van der Waals surface area contributed by atoms with Crippen molar-refractivity contribution in [3.63, 3.8) is 0 Å². The van der Waals surface area contributed by atoms with Crippen molar-refractivity contribution in [2.24, 2.45) is 7.05 Å². The minimum Gasteiger partial charge on any atom is -0.336 e. The van der Waals surface area contributed by atoms with E-state index in [2.05, 4.69) is 9.97 Å². The molecule has 0 aliphatic carbocycles. The van der Waals surface area contributed by atoms with Gasteiger partial charge in [-0.25, -0.2) is 9.97 Å². The molecule has 0 N–H and O–H groups in total. The van der Waals surface area contributed by atoms with Crippen LogP contribution in [0.2, 0.25) is 0 Å². The Kier molecular flexibility index (Phi) is 3.40. The molecule has 0 unspecified atom stereocenters. The Balaban J connectivity index is 1.68. The van der Waals surface area contributed by atoms with Crippen molar-refractivity contribution >= 4 is 11.6 Å². The second-order valence-electron chi connectivity index (χ2n) is 6.61. The molecule has 3 aromatic heterocycles. The van der Waals surface area contributed by atoms with Crippen LogP contribution in [0.3, 0.4) is 0 Å². The molecule has 0 radical (unpaired) electrons. The van der Waals surface area contributed by atoms with Gasteiger partial charge in [0.1, 0.15) is 17.2 Å². The lowest BCUT2D eigenvalue weighted by Gasteiger charge is -2.23. The minimum absolute atomic E-state index is 0.0143. The monoisotopic (exact) mass is 323 g/mol. The normalized spacial score (nSPS) is 17.8. The number of fused-ring (bicyclic) bond motifs is 1. The van der Waals surface area contributed by atoms with Crippen LogP contribution >= 0.6 is 0 Å². The molecule has 1 atom stereocenters. The maximum atomic E-state index is 13.0. The van der Waals surface area contributed by atoms with E-state index >= 15 is 0 Å². The summed E-state index contributed by atoms with van der Waals surface area (Å²) in [4.78, 5) is 24.0. The van der Waals surface area contributed by atoms with E-state index in [9.17, 15) is 4.79 Å². The van der Waals surface area contributed by atoms with Gasteiger partial charge in [-0.2, -0.15) is 0 Å². The first-order chi connectivity index (χ1) is 11.5. The van der Waals surface area contributed by atoms with E-state index in [1.165, 1.54) is 0 Å². The number of likely N-dealkylation sites (tertiary alicyclic amines) is 1. The zero-order valence-corrected chi connectivity index (χ0v) is 14.2. The summed E-state index contributed by atoms with van der Waals surface area (Å²) in [5, 5.41) is 0. The van der Waals surface area contributed by atoms with E-state index < -0.39 is 0 Å². The van der Waals surface area contributed by atoms with Gasteiger partial charge in [0.15, 0.2) is 0 Å². The van der Waals surface area contributed by atoms with Crippen LogP contribution in [0.25, 0.3) is 5.65 Å². The number of hydrogen-bond acceptors (Lipinski definition) is 3. The fraction of sp³-hybridized carbons (Fsp3) is 0.389. The highest BCUT2D eigenvalue weighted by Crippen LogP contribution is 2.32. The number of hydrogen-bond donors (Lipinski definition) is 0. The third kappa shape index (κ3) is 2.38. The molecule has 0 aromatic carbocycles. The number of pyridine rings is 1. The lowest BCUT2D eigenvalue weighted by molar-refractivity contribution is 0.0723. The summed E-state index contributed by atoms with van der Waals surface area (Å²) < 4.78 is 3.94. The highest BCUT2D eigenvalue weighted by atomic mass is 16.2. The molecule has 0 bridgehead atoms. The van der Waals surface area contributed by atoms with E-state index in [1.54, 1.807) is 0 Å². The Bertz CT molecular complexity index is 923. The molecule has 6 heteroatoms. The van der Waals surface area contributed by atoms with Crippen LogP contribution in [0.1, 0.15) is 46.5 Å². The zero-order valence-electron chi connectivity index (χ0n) is 14.2. The second kappa shape index (κ2) is 5.47. The lowest BCUT2D eigenvalue weighted by Crippen LogP contribution is -2.32. The van der Waals surface area contributed by atoms with Gasteiger partial charge >= 0.3 is 0 Å². The second-order valence-corrected chi connectivity index (χ2v) is 6.61. The molecule has 1 fully saturated rings. The summed E-state index contributed by atoms with van der Waals surface area (Å²) in [5.74, 6) is 0.942. The van der Waals surface area contributed by atoms with Crippen LogP contribution in [0.15, 0.2) is 30.7 Å². The van der Waals surface area contributed by atoms with E-state index in [-0.39, 0.29) is 11.9 Å². The zero-order chi connectivity index (χ0) is 16.8. The maximum absolute atomic E-state index is 13.0. The lowest BCUT2D eigenvalue weighted by atomic mass is 10.2. The molecule has 4 rings (SSSR count). The molecule has 24 heavy (non-hydrogen) atoms. The number of imidazole rings is 2. The summed E-state index contributed by atoms with van der Waals surface area (Å²) in [6.07, 6.45) is 7.76. The summed E-state index contributed by atoms with van der Waals surface area (Å²) in [5.41, 5.74) is 3.42. The predicted molar refractivity (Wildman–Crippen MR) is 90.9 cm³/mol. The molecule has 124 valence electrons. The van der Waals surface area contributed by atoms with Gasteiger partial charge in [-0.05, 0) is 38.3 Å². The SMILES string of the molecule is Cc1ccc2nc(C(=O)N3CCC[C@@H]3c3nc(C)cn3C)cn2c1. The number of carbonyl (C=O) groups excluding carboxylic acids is 1. The summed E-state index contributed by atoms with van der Waals surface area (Å²) in [7, 11) is 1.99. The molecule has 4 heterocycles. The van der Waals surface area contributed by atoms with Gasteiger partial charge in [-0.1, -0.05) is 6.07 Å². The largest absolute Gasteiger partial charge is 0.336 e. The van der Waals surface area contributed by atoms with Gasteiger partial charge in [0.25, 0.3) is 5.91 Å². The average molecular weight is 323 g/mol. The predicted octanol–water partition coefficient (Wildman–Crippen LogP) is 2.66. The van der Waals surface area contributed by atoms with Crippen molar-refractivity contribution in [1.82, 2.24) is 23.8 Å². The fourth-order valence-corrected chi connectivity index (χ4v) is 3.58. The van der Waals surface area contributed by atoms with Crippen molar-refractivity contribution < 1.29 is 4.79 Å². The molecule has 1 aliphatic rings. The van der Waals surface area contributed by atoms with Crippen molar-refractivity contribution in [1.29, 1.82) is 0 Å². The molecular weight excluding hydrogens is 302 g/mol. The quantitative estimate of drug-likeness (QED) is 0.728. The number of carbonyl (C=O) groups is 1. The standard InChI is InChI=1S/C18H21N5O/c1-12-6-7-16-20-14(11-22(16)9-12)18(24)23-8-4-5-15(23)17-19-13(2)10-21(17)3/h6-7,9-11,15H,4-5,8H2,1-3H3/t15-/m1/s1. The first-order valence-electron chi connectivity index (χ1n) is 8.29. The molecule has 3 aromatic rings. The molecular formula is C18H21N5O. The third-order valence-electron chi connectivity index (χ3n) is 4.66. The van der Waals surface area contributed by atoms with Gasteiger partial charge in [-0.15, -0.1) is 0 Å². The maximum Gasteiger partial charge on any atom is 0.274 e. The molecule has 1 amide bonds. The van der Waals surface area contributed by atoms with Crippen LogP contribution in [0.5, 0.6) is 0 Å². The van der Waals surface area contributed by atoms with E-state index in [4.69, 9.17) is 0 Å². The number of aromatic nitrogens is 4. The number of aryl methyl sites for hydroxylation is 3. The molecule has 0 spiro atoms. The van der Waals surface area contributed by atoms with Crippen LogP contribution < -0.4 is 0 Å². The van der Waals surface area contributed by atoms with Crippen LogP contribution in [-0.4, -0.2) is 36.3 Å². The van der Waals surface area contributed by atoms with Gasteiger partial charge in [-0.3, -0.25) is 4.79 Å². The van der Waals surface area contributed by atoms with Gasteiger partial charge < -0.3 is 13.9 Å². The summed E-state index contributed by atoms with van der Waals surface area (Å²) in [6, 6.07) is 3.98. The number of amides is 1. The highest BCUT2D eigenvalue weighted by Gasteiger charge is 2.34. The first-order valence-corrected chi connectivity index (χ1v) is 8.29. The highest BCUT2D eigenvalue weighted by molar-refractivity contribution is 5.93. The molecule has 0 saturated carbocycles. The molecule has 1 saturated heterocycles. The molecule has 1 aliphatic heterocycles. The Morgan fingerprint density at radius 3 is 2.75 bits per heavy atom. The summed E-state index contributed by atoms with van der Waals surface area (Å²) in [6.45, 7) is 4.76. The van der Waals surface area contributed by atoms with Crippen molar-refractivity contribution in [2.45, 2.75) is 32.7 Å². The van der Waals surface area contributed by atoms with E-state index in [0.717, 1.165) is 42.1 Å². The van der Waals surface area contributed by atoms with Crippen LogP contribution in [-0.2, 0) is 7.05 Å². The smallest absolute Gasteiger partial charge is 0.274 e. The Labute approximate surface area is 140 Å². The average Bonchev–Trinajstić information content (AvgIpc) is 3.23. The first kappa shape index (κ1) is 14.9. The van der Waals surface area contributed by atoms with Crippen molar-refractivity contribution in [2.75, 3.05) is 6.54 Å². The Morgan fingerprint density at radius 1 is 1.17 bits per heavy atom. The van der Waals surface area contributed by atoms with E-state index in [1.807, 2.05) is 65.5 Å². The third-order valence-corrected chi connectivity index (χ3v) is 4.66. The van der Waals surface area contributed by atoms with Gasteiger partial charge in [0.2, 0.25) is 0 Å².